The fraction of sp³-hybridized carbons (Fsp3) is 0.318. The van der Waals surface area contributed by atoms with Gasteiger partial charge in [-0.05, 0) is 55.5 Å². The molecular formula is C22H23FN2O2S. The first kappa shape index (κ1) is 19.0. The quantitative estimate of drug-likeness (QED) is 0.646. The summed E-state index contributed by atoms with van der Waals surface area (Å²) in [5, 5.41) is 0.816. The number of benzene rings is 2. The van der Waals surface area contributed by atoms with Gasteiger partial charge in [0.1, 0.15) is 10.7 Å². The van der Waals surface area contributed by atoms with Crippen LogP contribution < -0.4 is 0 Å². The van der Waals surface area contributed by atoms with Crippen LogP contribution in [0.3, 0.4) is 0 Å². The monoisotopic (exact) mass is 398 g/mol. The highest BCUT2D eigenvalue weighted by molar-refractivity contribution is 7.89. The number of sulfonamides is 1. The third-order valence-corrected chi connectivity index (χ3v) is 7.31. The van der Waals surface area contributed by atoms with Crippen LogP contribution >= 0.6 is 0 Å². The summed E-state index contributed by atoms with van der Waals surface area (Å²) >= 11 is 0. The van der Waals surface area contributed by atoms with E-state index in [0.29, 0.717) is 18.6 Å². The number of pyridine rings is 1. The van der Waals surface area contributed by atoms with E-state index in [0.717, 1.165) is 35.9 Å². The van der Waals surface area contributed by atoms with Crippen LogP contribution in [-0.2, 0) is 10.0 Å². The molecule has 4 rings (SSSR count). The summed E-state index contributed by atoms with van der Waals surface area (Å²) < 4.78 is 41.9. The summed E-state index contributed by atoms with van der Waals surface area (Å²) in [6.45, 7) is 2.75. The molecule has 0 bridgehead atoms. The lowest BCUT2D eigenvalue weighted by Gasteiger charge is -2.24. The molecule has 0 N–H and O–H groups in total. The van der Waals surface area contributed by atoms with Gasteiger partial charge in [-0.3, -0.25) is 4.98 Å². The van der Waals surface area contributed by atoms with Gasteiger partial charge in [-0.15, -0.1) is 0 Å². The van der Waals surface area contributed by atoms with E-state index >= 15 is 0 Å². The Hall–Kier alpha value is -2.31. The van der Waals surface area contributed by atoms with Crippen molar-refractivity contribution in [2.75, 3.05) is 13.1 Å². The SMILES string of the molecule is Cc1ccc2cccc(S(=O)(=O)N3CCCCC(c4ccc(F)cc4)C3)c2n1. The van der Waals surface area contributed by atoms with Crippen molar-refractivity contribution in [1.82, 2.24) is 9.29 Å². The zero-order chi connectivity index (χ0) is 19.7. The van der Waals surface area contributed by atoms with Crippen LogP contribution in [-0.4, -0.2) is 30.8 Å². The Balaban J connectivity index is 1.72. The van der Waals surface area contributed by atoms with Crippen LogP contribution in [0.15, 0.2) is 59.5 Å². The Morgan fingerprint density at radius 3 is 2.61 bits per heavy atom. The van der Waals surface area contributed by atoms with E-state index in [-0.39, 0.29) is 16.6 Å². The van der Waals surface area contributed by atoms with E-state index in [1.54, 1.807) is 28.6 Å². The molecule has 0 spiro atoms. The number of aromatic nitrogens is 1. The first-order chi connectivity index (χ1) is 13.4. The van der Waals surface area contributed by atoms with E-state index in [1.165, 1.54) is 12.1 Å². The molecule has 1 atom stereocenters. The molecule has 0 amide bonds. The molecule has 2 aromatic carbocycles. The van der Waals surface area contributed by atoms with Crippen molar-refractivity contribution in [1.29, 1.82) is 0 Å². The first-order valence-corrected chi connectivity index (χ1v) is 11.0. The van der Waals surface area contributed by atoms with E-state index in [4.69, 9.17) is 0 Å². The Bertz CT molecular complexity index is 1100. The Labute approximate surface area is 165 Å². The molecule has 28 heavy (non-hydrogen) atoms. The minimum atomic E-state index is -3.68. The average Bonchev–Trinajstić information content (AvgIpc) is 2.95. The topological polar surface area (TPSA) is 50.3 Å². The maximum atomic E-state index is 13.5. The van der Waals surface area contributed by atoms with Crippen LogP contribution in [0.1, 0.15) is 36.4 Å². The minimum Gasteiger partial charge on any atom is -0.252 e. The van der Waals surface area contributed by atoms with Crippen LogP contribution in [0.4, 0.5) is 4.39 Å². The number of rotatable bonds is 3. The van der Waals surface area contributed by atoms with E-state index < -0.39 is 10.0 Å². The molecule has 0 radical (unpaired) electrons. The summed E-state index contributed by atoms with van der Waals surface area (Å²) in [6, 6.07) is 15.5. The molecule has 1 fully saturated rings. The van der Waals surface area contributed by atoms with Gasteiger partial charge in [-0.25, -0.2) is 12.8 Å². The number of fused-ring (bicyclic) bond motifs is 1. The maximum absolute atomic E-state index is 13.5. The van der Waals surface area contributed by atoms with Crippen molar-refractivity contribution in [2.24, 2.45) is 0 Å². The molecule has 3 aromatic rings. The molecule has 2 heterocycles. The number of hydrogen-bond acceptors (Lipinski definition) is 3. The van der Waals surface area contributed by atoms with Gasteiger partial charge in [-0.1, -0.05) is 36.8 Å². The van der Waals surface area contributed by atoms with Gasteiger partial charge >= 0.3 is 0 Å². The van der Waals surface area contributed by atoms with E-state index in [1.807, 2.05) is 25.1 Å². The molecule has 0 saturated carbocycles. The fourth-order valence-electron chi connectivity index (χ4n) is 3.90. The van der Waals surface area contributed by atoms with Crippen molar-refractivity contribution in [3.05, 3.63) is 71.7 Å². The van der Waals surface area contributed by atoms with E-state index in [2.05, 4.69) is 4.98 Å². The third-order valence-electron chi connectivity index (χ3n) is 5.42. The summed E-state index contributed by atoms with van der Waals surface area (Å²) in [7, 11) is -3.68. The molecule has 4 nitrogen and oxygen atoms in total. The number of halogens is 1. The average molecular weight is 399 g/mol. The number of nitrogens with zero attached hydrogens (tertiary/aromatic N) is 2. The second kappa shape index (κ2) is 7.60. The van der Waals surface area contributed by atoms with Crippen molar-refractivity contribution in [3.8, 4) is 0 Å². The largest absolute Gasteiger partial charge is 0.252 e. The fourth-order valence-corrected chi connectivity index (χ4v) is 5.58. The minimum absolute atomic E-state index is 0.0579. The summed E-state index contributed by atoms with van der Waals surface area (Å²) in [5.41, 5.74) is 2.29. The number of para-hydroxylation sites is 1. The van der Waals surface area contributed by atoms with Crippen molar-refractivity contribution in [2.45, 2.75) is 37.0 Å². The molecule has 6 heteroatoms. The van der Waals surface area contributed by atoms with Gasteiger partial charge in [-0.2, -0.15) is 4.31 Å². The lowest BCUT2D eigenvalue weighted by Crippen LogP contribution is -2.34. The van der Waals surface area contributed by atoms with Gasteiger partial charge in [0.2, 0.25) is 10.0 Å². The van der Waals surface area contributed by atoms with Crippen LogP contribution in [0.2, 0.25) is 0 Å². The molecule has 146 valence electrons. The second-order valence-electron chi connectivity index (χ2n) is 7.39. The number of hydrogen-bond donors (Lipinski definition) is 0. The highest BCUT2D eigenvalue weighted by Crippen LogP contribution is 2.31. The Kier molecular flexibility index (Phi) is 5.17. The van der Waals surface area contributed by atoms with Crippen LogP contribution in [0, 0.1) is 12.7 Å². The predicted octanol–water partition coefficient (Wildman–Crippen LogP) is 4.64. The maximum Gasteiger partial charge on any atom is 0.245 e. The van der Waals surface area contributed by atoms with Gasteiger partial charge in [0, 0.05) is 24.2 Å². The van der Waals surface area contributed by atoms with Gasteiger partial charge in [0.05, 0.1) is 5.52 Å². The van der Waals surface area contributed by atoms with E-state index in [9.17, 15) is 12.8 Å². The lowest BCUT2D eigenvalue weighted by molar-refractivity contribution is 0.406. The summed E-state index contributed by atoms with van der Waals surface area (Å²) in [5.74, 6) is -0.221. The predicted molar refractivity (Wildman–Crippen MR) is 108 cm³/mol. The van der Waals surface area contributed by atoms with Gasteiger partial charge < -0.3 is 0 Å². The smallest absolute Gasteiger partial charge is 0.245 e. The first-order valence-electron chi connectivity index (χ1n) is 9.57. The normalized spacial score (nSPS) is 18.9. The molecule has 1 aliphatic heterocycles. The summed E-state index contributed by atoms with van der Waals surface area (Å²) in [6.07, 6.45) is 2.65. The highest BCUT2D eigenvalue weighted by Gasteiger charge is 2.31. The summed E-state index contributed by atoms with van der Waals surface area (Å²) in [4.78, 5) is 4.76. The second-order valence-corrected chi connectivity index (χ2v) is 9.29. The van der Waals surface area contributed by atoms with Crippen LogP contribution in [0.25, 0.3) is 10.9 Å². The molecule has 0 aliphatic carbocycles. The number of aryl methyl sites for hydroxylation is 1. The lowest BCUT2D eigenvalue weighted by atomic mass is 9.95. The van der Waals surface area contributed by atoms with Gasteiger partial charge in [0.25, 0.3) is 0 Å². The standard InChI is InChI=1S/C22H23FN2O2S/c1-16-8-9-18-6-4-7-21(22(18)24-16)28(26,27)25-14-3-2-5-19(15-25)17-10-12-20(23)13-11-17/h4,6-13,19H,2-3,5,14-15H2,1H3. The highest BCUT2D eigenvalue weighted by atomic mass is 32.2. The van der Waals surface area contributed by atoms with Crippen molar-refractivity contribution < 1.29 is 12.8 Å². The van der Waals surface area contributed by atoms with Gasteiger partial charge in [0.15, 0.2) is 0 Å². The molecular weight excluding hydrogens is 375 g/mol. The van der Waals surface area contributed by atoms with Crippen molar-refractivity contribution in [3.63, 3.8) is 0 Å². The molecule has 1 saturated heterocycles. The Morgan fingerprint density at radius 2 is 1.82 bits per heavy atom. The third kappa shape index (κ3) is 3.66. The Morgan fingerprint density at radius 1 is 1.04 bits per heavy atom. The zero-order valence-electron chi connectivity index (χ0n) is 15.8. The molecule has 1 aliphatic rings. The zero-order valence-corrected chi connectivity index (χ0v) is 16.6. The molecule has 1 unspecified atom stereocenters. The van der Waals surface area contributed by atoms with Crippen molar-refractivity contribution >= 4 is 20.9 Å². The molecule has 1 aromatic heterocycles. The van der Waals surface area contributed by atoms with Crippen LogP contribution in [0.5, 0.6) is 0 Å².